The molecule has 0 spiro atoms. The zero-order valence-electron chi connectivity index (χ0n) is 16.4. The SMILES string of the molecule is CN1NOC(=O)/C1=C\C(=NC(=O)c1ccccc1)C(=O)N1CCc2ccccc2C1. The fraction of sp³-hybridized carbons (Fsp3) is 0.182. The van der Waals surface area contributed by atoms with E-state index in [1.165, 1.54) is 16.6 Å². The quantitative estimate of drug-likeness (QED) is 0.618. The van der Waals surface area contributed by atoms with Gasteiger partial charge in [0, 0.05) is 31.8 Å². The number of carbonyl (C=O) groups excluding carboxylic acids is 3. The van der Waals surface area contributed by atoms with Gasteiger partial charge in [0.25, 0.3) is 11.8 Å². The molecule has 1 saturated heterocycles. The van der Waals surface area contributed by atoms with Crippen molar-refractivity contribution in [1.82, 2.24) is 15.5 Å². The molecule has 0 radical (unpaired) electrons. The maximum atomic E-state index is 13.3. The van der Waals surface area contributed by atoms with Crippen LogP contribution in [0.1, 0.15) is 21.5 Å². The van der Waals surface area contributed by atoms with E-state index in [1.54, 1.807) is 42.3 Å². The molecule has 30 heavy (non-hydrogen) atoms. The highest BCUT2D eigenvalue weighted by Crippen LogP contribution is 2.19. The predicted molar refractivity (Wildman–Crippen MR) is 109 cm³/mol. The second-order valence-electron chi connectivity index (χ2n) is 6.98. The number of rotatable bonds is 3. The van der Waals surface area contributed by atoms with E-state index in [2.05, 4.69) is 10.6 Å². The summed E-state index contributed by atoms with van der Waals surface area (Å²) in [5.74, 6) is -1.64. The molecule has 0 unspecified atom stereocenters. The second kappa shape index (κ2) is 8.30. The summed E-state index contributed by atoms with van der Waals surface area (Å²) in [4.78, 5) is 48.3. The Labute approximate surface area is 173 Å². The van der Waals surface area contributed by atoms with E-state index < -0.39 is 17.8 Å². The van der Waals surface area contributed by atoms with Gasteiger partial charge in [0.15, 0.2) is 0 Å². The van der Waals surface area contributed by atoms with Gasteiger partial charge in [-0.1, -0.05) is 48.1 Å². The normalized spacial score (nSPS) is 17.7. The molecule has 2 aliphatic rings. The molecular weight excluding hydrogens is 384 g/mol. The van der Waals surface area contributed by atoms with Gasteiger partial charge in [-0.25, -0.2) is 9.79 Å². The van der Waals surface area contributed by atoms with Gasteiger partial charge in [0.1, 0.15) is 11.4 Å². The molecule has 0 atom stereocenters. The molecule has 2 aliphatic heterocycles. The van der Waals surface area contributed by atoms with Crippen molar-refractivity contribution in [3.63, 3.8) is 0 Å². The fourth-order valence-electron chi connectivity index (χ4n) is 3.36. The Hall–Kier alpha value is -3.78. The van der Waals surface area contributed by atoms with Crippen LogP contribution in [0.3, 0.4) is 0 Å². The van der Waals surface area contributed by atoms with Crippen LogP contribution in [-0.2, 0) is 27.4 Å². The number of aliphatic imine (C=N–C) groups is 1. The predicted octanol–water partition coefficient (Wildman–Crippen LogP) is 1.64. The highest BCUT2D eigenvalue weighted by Gasteiger charge is 2.29. The molecule has 4 rings (SSSR count). The van der Waals surface area contributed by atoms with E-state index >= 15 is 0 Å². The van der Waals surface area contributed by atoms with Gasteiger partial charge in [0.2, 0.25) is 0 Å². The van der Waals surface area contributed by atoms with Gasteiger partial charge < -0.3 is 9.74 Å². The average molecular weight is 404 g/mol. The minimum atomic E-state index is -0.658. The Morgan fingerprint density at radius 1 is 1.07 bits per heavy atom. The van der Waals surface area contributed by atoms with Crippen LogP contribution in [0.2, 0.25) is 0 Å². The lowest BCUT2D eigenvalue weighted by Crippen LogP contribution is -2.40. The van der Waals surface area contributed by atoms with Gasteiger partial charge in [-0.05, 0) is 29.7 Å². The minimum absolute atomic E-state index is 0.0837. The summed E-state index contributed by atoms with van der Waals surface area (Å²) in [6, 6.07) is 16.4. The Morgan fingerprint density at radius 3 is 2.47 bits per heavy atom. The summed E-state index contributed by atoms with van der Waals surface area (Å²) in [5.41, 5.74) is 4.96. The highest BCUT2D eigenvalue weighted by molar-refractivity contribution is 6.45. The molecule has 152 valence electrons. The van der Waals surface area contributed by atoms with Gasteiger partial charge >= 0.3 is 5.97 Å². The maximum absolute atomic E-state index is 13.3. The van der Waals surface area contributed by atoms with Gasteiger partial charge in [-0.3, -0.25) is 14.6 Å². The van der Waals surface area contributed by atoms with E-state index in [1.807, 2.05) is 24.3 Å². The molecule has 2 amide bonds. The molecule has 2 aromatic rings. The van der Waals surface area contributed by atoms with Crippen LogP contribution in [0.5, 0.6) is 0 Å². The first kappa shape index (κ1) is 19.5. The highest BCUT2D eigenvalue weighted by atomic mass is 16.7. The van der Waals surface area contributed by atoms with Crippen molar-refractivity contribution >= 4 is 23.5 Å². The van der Waals surface area contributed by atoms with Crippen LogP contribution in [0.25, 0.3) is 0 Å². The zero-order valence-corrected chi connectivity index (χ0v) is 16.4. The number of benzene rings is 2. The topological polar surface area (TPSA) is 91.3 Å². The lowest BCUT2D eigenvalue weighted by atomic mass is 9.99. The van der Waals surface area contributed by atoms with E-state index in [9.17, 15) is 14.4 Å². The van der Waals surface area contributed by atoms with Crippen molar-refractivity contribution in [2.24, 2.45) is 4.99 Å². The van der Waals surface area contributed by atoms with E-state index in [0.29, 0.717) is 25.1 Å². The lowest BCUT2D eigenvalue weighted by Gasteiger charge is -2.28. The molecule has 0 aromatic heterocycles. The van der Waals surface area contributed by atoms with Crippen molar-refractivity contribution in [2.45, 2.75) is 13.0 Å². The number of amides is 2. The summed E-state index contributed by atoms with van der Waals surface area (Å²) >= 11 is 0. The summed E-state index contributed by atoms with van der Waals surface area (Å²) in [6.45, 7) is 0.908. The number of carbonyl (C=O) groups is 3. The number of likely N-dealkylation sites (N-methyl/N-ethyl adjacent to an activating group) is 1. The van der Waals surface area contributed by atoms with Crippen molar-refractivity contribution in [1.29, 1.82) is 0 Å². The number of hydrogen-bond acceptors (Lipinski definition) is 6. The smallest absolute Gasteiger partial charge is 0.345 e. The van der Waals surface area contributed by atoms with E-state index in [0.717, 1.165) is 5.56 Å². The van der Waals surface area contributed by atoms with Crippen molar-refractivity contribution in [3.05, 3.63) is 83.1 Å². The molecular formula is C22H20N4O4. The van der Waals surface area contributed by atoms with Crippen LogP contribution in [0, 0.1) is 0 Å². The Balaban J connectivity index is 1.67. The van der Waals surface area contributed by atoms with Crippen LogP contribution in [-0.4, -0.2) is 47.0 Å². The number of nitrogens with zero attached hydrogens (tertiary/aromatic N) is 3. The Bertz CT molecular complexity index is 1060. The summed E-state index contributed by atoms with van der Waals surface area (Å²) < 4.78 is 0. The second-order valence-corrected chi connectivity index (χ2v) is 6.98. The lowest BCUT2D eigenvalue weighted by molar-refractivity contribution is -0.142. The first-order chi connectivity index (χ1) is 14.5. The van der Waals surface area contributed by atoms with E-state index in [-0.39, 0.29) is 11.4 Å². The molecule has 0 saturated carbocycles. The molecule has 0 bridgehead atoms. The van der Waals surface area contributed by atoms with E-state index in [4.69, 9.17) is 4.84 Å². The Morgan fingerprint density at radius 2 is 1.77 bits per heavy atom. The minimum Gasteiger partial charge on any atom is -0.345 e. The summed E-state index contributed by atoms with van der Waals surface area (Å²) in [7, 11) is 1.56. The number of hydrazine groups is 1. The molecule has 1 fully saturated rings. The standard InChI is InChI=1S/C22H20N4O4/c1-25-19(22(29)30-24-25)13-18(23-20(27)16-8-3-2-4-9-16)21(28)26-12-11-15-7-5-6-10-17(15)14-26/h2-10,13,24H,11-12,14H2,1H3/b19-13+,23-18?. The number of fused-ring (bicyclic) bond motifs is 1. The average Bonchev–Trinajstić information content (AvgIpc) is 3.10. The largest absolute Gasteiger partial charge is 0.376 e. The molecule has 8 heteroatoms. The van der Waals surface area contributed by atoms with Gasteiger partial charge in [-0.15, -0.1) is 0 Å². The van der Waals surface area contributed by atoms with Crippen LogP contribution >= 0.6 is 0 Å². The summed E-state index contributed by atoms with van der Waals surface area (Å²) in [6.07, 6.45) is 1.99. The van der Waals surface area contributed by atoms with Crippen molar-refractivity contribution in [3.8, 4) is 0 Å². The maximum Gasteiger partial charge on any atom is 0.376 e. The molecule has 0 aliphatic carbocycles. The third-order valence-corrected chi connectivity index (χ3v) is 5.00. The van der Waals surface area contributed by atoms with Crippen LogP contribution < -0.4 is 5.59 Å². The van der Waals surface area contributed by atoms with Crippen LogP contribution in [0.4, 0.5) is 0 Å². The number of hydrogen-bond donors (Lipinski definition) is 1. The van der Waals surface area contributed by atoms with Gasteiger partial charge in [0.05, 0.1) is 0 Å². The monoisotopic (exact) mass is 404 g/mol. The molecule has 2 heterocycles. The first-order valence-electron chi connectivity index (χ1n) is 9.49. The third kappa shape index (κ3) is 3.99. The first-order valence-corrected chi connectivity index (χ1v) is 9.49. The fourth-order valence-corrected chi connectivity index (χ4v) is 3.36. The number of nitrogens with one attached hydrogen (secondary N) is 1. The van der Waals surface area contributed by atoms with Crippen molar-refractivity contribution < 1.29 is 19.2 Å². The zero-order chi connectivity index (χ0) is 21.1. The van der Waals surface area contributed by atoms with Crippen molar-refractivity contribution in [2.75, 3.05) is 13.6 Å². The Kier molecular flexibility index (Phi) is 5.40. The molecule has 8 nitrogen and oxygen atoms in total. The third-order valence-electron chi connectivity index (χ3n) is 5.00. The van der Waals surface area contributed by atoms with Crippen LogP contribution in [0.15, 0.2) is 71.4 Å². The van der Waals surface area contributed by atoms with Gasteiger partial charge in [-0.2, -0.15) is 0 Å². The molecule has 1 N–H and O–H groups in total. The summed E-state index contributed by atoms with van der Waals surface area (Å²) in [5, 5.41) is 1.32. The molecule has 2 aromatic carbocycles.